The van der Waals surface area contributed by atoms with Crippen molar-refractivity contribution in [3.05, 3.63) is 35.9 Å². The highest BCUT2D eigenvalue weighted by molar-refractivity contribution is 5.74. The minimum absolute atomic E-state index is 0.0232. The maximum Gasteiger partial charge on any atom is 0.335 e. The van der Waals surface area contributed by atoms with E-state index in [2.05, 4.69) is 0 Å². The standard InChI is InChI=1S/C23H32O12/c1-21(2)22(30)18(32-10-11-7-5-4-6-8-11)16(17(19(28)29)35-23(21,22)31-3)34-20-15(27)14(26)13(25)12(9-24)33-20/h4-8,12-18,20,24-27,30H,9-10H2,1-3H3,(H,28,29)/t12-,13-,14+,15-,16-,17+,18+,20+,22+,23+/m1/s1. The second-order valence-corrected chi connectivity index (χ2v) is 9.60. The largest absolute Gasteiger partial charge is 0.479 e. The summed E-state index contributed by atoms with van der Waals surface area (Å²) in [5.41, 5.74) is -2.26. The van der Waals surface area contributed by atoms with Crippen molar-refractivity contribution in [3.63, 3.8) is 0 Å². The summed E-state index contributed by atoms with van der Waals surface area (Å²) in [5.74, 6) is -3.17. The first-order chi connectivity index (χ1) is 16.5. The Balaban J connectivity index is 1.69. The number of carboxylic acid groups (broad SMARTS) is 1. The lowest BCUT2D eigenvalue weighted by atomic mass is 9.93. The Morgan fingerprint density at radius 3 is 2.31 bits per heavy atom. The van der Waals surface area contributed by atoms with Crippen molar-refractivity contribution in [1.82, 2.24) is 0 Å². The van der Waals surface area contributed by atoms with E-state index < -0.39 is 78.4 Å². The van der Waals surface area contributed by atoms with E-state index in [4.69, 9.17) is 23.7 Å². The molecule has 2 aliphatic heterocycles. The van der Waals surface area contributed by atoms with Gasteiger partial charge in [-0.15, -0.1) is 0 Å². The summed E-state index contributed by atoms with van der Waals surface area (Å²) >= 11 is 0. The molecule has 1 aromatic rings. The number of benzene rings is 1. The van der Waals surface area contributed by atoms with E-state index in [0.717, 1.165) is 5.56 Å². The Hall–Kier alpha value is -1.71. The number of methoxy groups -OCH3 is 1. The van der Waals surface area contributed by atoms with Gasteiger partial charge in [0.1, 0.15) is 36.6 Å². The number of rotatable bonds is 8. The molecule has 35 heavy (non-hydrogen) atoms. The maximum atomic E-state index is 12.3. The number of hydrogen-bond donors (Lipinski definition) is 6. The molecule has 0 amide bonds. The second-order valence-electron chi connectivity index (χ2n) is 9.60. The first-order valence-electron chi connectivity index (χ1n) is 11.3. The van der Waals surface area contributed by atoms with Gasteiger partial charge in [-0.05, 0) is 5.56 Å². The summed E-state index contributed by atoms with van der Waals surface area (Å²) in [5, 5.41) is 61.8. The summed E-state index contributed by atoms with van der Waals surface area (Å²) in [7, 11) is 1.28. The molecule has 3 aliphatic rings. The molecule has 0 aromatic heterocycles. The van der Waals surface area contributed by atoms with Gasteiger partial charge in [0.2, 0.25) is 5.79 Å². The second kappa shape index (κ2) is 9.30. The van der Waals surface area contributed by atoms with Crippen LogP contribution in [0.2, 0.25) is 0 Å². The van der Waals surface area contributed by atoms with Crippen molar-refractivity contribution in [3.8, 4) is 0 Å². The molecule has 2 heterocycles. The number of aliphatic carboxylic acids is 1. The van der Waals surface area contributed by atoms with E-state index in [-0.39, 0.29) is 6.61 Å². The fraction of sp³-hybridized carbons (Fsp3) is 0.696. The Morgan fingerprint density at radius 2 is 1.74 bits per heavy atom. The summed E-state index contributed by atoms with van der Waals surface area (Å²) in [4.78, 5) is 12.3. The van der Waals surface area contributed by atoms with E-state index >= 15 is 0 Å². The van der Waals surface area contributed by atoms with Crippen LogP contribution in [-0.4, -0.2) is 111 Å². The quantitative estimate of drug-likeness (QED) is 0.239. The number of aliphatic hydroxyl groups excluding tert-OH is 4. The third-order valence-electron chi connectivity index (χ3n) is 7.46. The lowest BCUT2D eigenvalue weighted by Crippen LogP contribution is -2.65. The number of carboxylic acids is 1. The number of hydrogen-bond acceptors (Lipinski definition) is 11. The molecular weight excluding hydrogens is 468 g/mol. The molecule has 10 atom stereocenters. The van der Waals surface area contributed by atoms with Gasteiger partial charge in [0.05, 0.1) is 18.6 Å². The lowest BCUT2D eigenvalue weighted by Gasteiger charge is -2.45. The fourth-order valence-corrected chi connectivity index (χ4v) is 5.33. The summed E-state index contributed by atoms with van der Waals surface area (Å²) in [6, 6.07) is 8.97. The van der Waals surface area contributed by atoms with Crippen molar-refractivity contribution >= 4 is 5.97 Å². The predicted molar refractivity (Wildman–Crippen MR) is 115 cm³/mol. The van der Waals surface area contributed by atoms with E-state index in [0.29, 0.717) is 0 Å². The van der Waals surface area contributed by atoms with Gasteiger partial charge in [-0.2, -0.15) is 0 Å². The van der Waals surface area contributed by atoms with E-state index in [1.54, 1.807) is 38.1 Å². The summed E-state index contributed by atoms with van der Waals surface area (Å²) in [6.07, 6.45) is -12.8. The average Bonchev–Trinajstić information content (AvgIpc) is 3.24. The molecule has 0 bridgehead atoms. The molecule has 0 spiro atoms. The van der Waals surface area contributed by atoms with Crippen LogP contribution >= 0.6 is 0 Å². The highest BCUT2D eigenvalue weighted by Gasteiger charge is 2.92. The molecule has 1 aromatic carbocycles. The molecule has 4 rings (SSSR count). The van der Waals surface area contributed by atoms with Crippen LogP contribution in [0.5, 0.6) is 0 Å². The molecule has 6 N–H and O–H groups in total. The van der Waals surface area contributed by atoms with Crippen molar-refractivity contribution in [2.45, 2.75) is 80.9 Å². The zero-order valence-corrected chi connectivity index (χ0v) is 19.6. The highest BCUT2D eigenvalue weighted by Crippen LogP contribution is 2.72. The van der Waals surface area contributed by atoms with E-state index in [1.165, 1.54) is 7.11 Å². The van der Waals surface area contributed by atoms with Gasteiger partial charge in [-0.1, -0.05) is 44.2 Å². The minimum Gasteiger partial charge on any atom is -0.479 e. The van der Waals surface area contributed by atoms with Gasteiger partial charge < -0.3 is 54.3 Å². The van der Waals surface area contributed by atoms with E-state index in [1.807, 2.05) is 6.07 Å². The molecule has 12 heteroatoms. The van der Waals surface area contributed by atoms with Crippen molar-refractivity contribution in [1.29, 1.82) is 0 Å². The van der Waals surface area contributed by atoms with Crippen LogP contribution in [0.25, 0.3) is 0 Å². The van der Waals surface area contributed by atoms with Crippen LogP contribution in [0.4, 0.5) is 0 Å². The molecule has 1 aliphatic carbocycles. The van der Waals surface area contributed by atoms with Gasteiger partial charge >= 0.3 is 5.97 Å². The predicted octanol–water partition coefficient (Wildman–Crippen LogP) is -1.65. The van der Waals surface area contributed by atoms with Crippen LogP contribution in [0.3, 0.4) is 0 Å². The first-order valence-corrected chi connectivity index (χ1v) is 11.3. The zero-order valence-electron chi connectivity index (χ0n) is 19.6. The molecule has 0 radical (unpaired) electrons. The smallest absolute Gasteiger partial charge is 0.335 e. The molecule has 2 saturated heterocycles. The van der Waals surface area contributed by atoms with Gasteiger partial charge in [0, 0.05) is 7.11 Å². The van der Waals surface area contributed by atoms with Crippen LogP contribution in [0.1, 0.15) is 19.4 Å². The highest BCUT2D eigenvalue weighted by atomic mass is 16.8. The number of fused-ring (bicyclic) bond motifs is 1. The molecule has 3 fully saturated rings. The molecule has 12 nitrogen and oxygen atoms in total. The first kappa shape index (κ1) is 26.4. The third-order valence-corrected chi connectivity index (χ3v) is 7.46. The number of aliphatic hydroxyl groups is 5. The van der Waals surface area contributed by atoms with Crippen LogP contribution in [0.15, 0.2) is 30.3 Å². The van der Waals surface area contributed by atoms with Gasteiger partial charge in [0.25, 0.3) is 0 Å². The van der Waals surface area contributed by atoms with Crippen LogP contribution in [0, 0.1) is 5.41 Å². The molecular formula is C23H32O12. The van der Waals surface area contributed by atoms with Crippen molar-refractivity contribution in [2.24, 2.45) is 5.41 Å². The van der Waals surface area contributed by atoms with Gasteiger partial charge in [-0.3, -0.25) is 0 Å². The fourth-order valence-electron chi connectivity index (χ4n) is 5.33. The van der Waals surface area contributed by atoms with Gasteiger partial charge in [0.15, 0.2) is 18.0 Å². The topological polar surface area (TPSA) is 185 Å². The minimum atomic E-state index is -1.87. The third kappa shape index (κ3) is 3.80. The van der Waals surface area contributed by atoms with Crippen LogP contribution < -0.4 is 0 Å². The number of ether oxygens (including phenoxy) is 5. The van der Waals surface area contributed by atoms with Crippen LogP contribution in [-0.2, 0) is 35.1 Å². The Morgan fingerprint density at radius 1 is 1.09 bits per heavy atom. The maximum absolute atomic E-state index is 12.3. The normalized spacial score (nSPS) is 44.5. The average molecular weight is 500 g/mol. The SMILES string of the molecule is CO[C@@]12O[C@H](C(=O)O)[C@@H](O[C@@H]3O[C@H](CO)[C@@H](O)[C@H](O)[C@H]3O)[C@H](OCc3ccccc3)[C@]1(O)C2(C)C. The number of carbonyl (C=O) groups is 1. The van der Waals surface area contributed by atoms with Crippen molar-refractivity contribution in [2.75, 3.05) is 13.7 Å². The van der Waals surface area contributed by atoms with Crippen molar-refractivity contribution < 1.29 is 59.1 Å². The Bertz CT molecular complexity index is 909. The van der Waals surface area contributed by atoms with E-state index in [9.17, 15) is 35.4 Å². The molecule has 0 unspecified atom stereocenters. The lowest BCUT2D eigenvalue weighted by molar-refractivity contribution is -0.357. The van der Waals surface area contributed by atoms with Gasteiger partial charge in [-0.25, -0.2) is 4.79 Å². The molecule has 196 valence electrons. The summed E-state index contributed by atoms with van der Waals surface area (Å²) < 4.78 is 28.6. The summed E-state index contributed by atoms with van der Waals surface area (Å²) in [6.45, 7) is 2.53. The zero-order chi connectivity index (χ0) is 25.8. The Labute approximate surface area is 201 Å². The molecule has 1 saturated carbocycles. The monoisotopic (exact) mass is 500 g/mol. The Kier molecular flexibility index (Phi) is 7.01.